The van der Waals surface area contributed by atoms with E-state index in [0.29, 0.717) is 33.7 Å². The predicted octanol–water partition coefficient (Wildman–Crippen LogP) is 3.61. The normalized spacial score (nSPS) is 10.7. The third-order valence-corrected chi connectivity index (χ3v) is 4.03. The lowest BCUT2D eigenvalue weighted by molar-refractivity contribution is 0.0525. The molecule has 3 aromatic rings. The van der Waals surface area contributed by atoms with Crippen molar-refractivity contribution in [1.82, 2.24) is 9.97 Å². The molecule has 1 aromatic carbocycles. The number of pyridine rings is 1. The Morgan fingerprint density at radius 3 is 2.72 bits per heavy atom. The van der Waals surface area contributed by atoms with Gasteiger partial charge in [-0.3, -0.25) is 9.78 Å². The second-order valence-electron chi connectivity index (χ2n) is 5.68. The number of aryl methyl sites for hydroxylation is 1. The molecule has 0 saturated carbocycles. The van der Waals surface area contributed by atoms with Crippen molar-refractivity contribution in [2.45, 2.75) is 20.8 Å². The van der Waals surface area contributed by atoms with Crippen molar-refractivity contribution >= 4 is 28.5 Å². The highest BCUT2D eigenvalue weighted by atomic mass is 16.5. The molecular weight excluding hydrogens is 318 g/mol. The number of carbonyl (C=O) groups is 2. The summed E-state index contributed by atoms with van der Waals surface area (Å²) in [6.45, 7) is 5.50. The van der Waals surface area contributed by atoms with Gasteiger partial charge in [-0.05, 0) is 38.5 Å². The van der Waals surface area contributed by atoms with E-state index in [0.717, 1.165) is 5.39 Å². The summed E-state index contributed by atoms with van der Waals surface area (Å²) >= 11 is 0. The Morgan fingerprint density at radius 1 is 1.20 bits per heavy atom. The van der Waals surface area contributed by atoms with Crippen molar-refractivity contribution in [2.24, 2.45) is 0 Å². The standard InChI is InChI=1S/C19H19N3O3/c1-4-25-19(24)15-11(2)16(21-12(15)3)18(23)22-14-9-5-7-13-8-6-10-20-17(13)14/h5-10,21H,4H2,1-3H3,(H,22,23). The van der Waals surface area contributed by atoms with Crippen LogP contribution < -0.4 is 5.32 Å². The molecule has 6 nitrogen and oxygen atoms in total. The van der Waals surface area contributed by atoms with E-state index in [4.69, 9.17) is 4.74 Å². The number of esters is 1. The lowest BCUT2D eigenvalue weighted by Crippen LogP contribution is -2.14. The van der Waals surface area contributed by atoms with Crippen LogP contribution in [-0.4, -0.2) is 28.5 Å². The average molecular weight is 337 g/mol. The molecule has 0 saturated heterocycles. The minimum Gasteiger partial charge on any atom is -0.462 e. The van der Waals surface area contributed by atoms with Crippen LogP contribution in [0.25, 0.3) is 10.9 Å². The van der Waals surface area contributed by atoms with E-state index < -0.39 is 5.97 Å². The molecule has 1 amide bonds. The van der Waals surface area contributed by atoms with Gasteiger partial charge < -0.3 is 15.0 Å². The van der Waals surface area contributed by atoms with Gasteiger partial charge in [-0.2, -0.15) is 0 Å². The first-order valence-electron chi connectivity index (χ1n) is 8.04. The molecule has 0 atom stereocenters. The number of amides is 1. The zero-order valence-corrected chi connectivity index (χ0v) is 14.3. The molecule has 0 aliphatic heterocycles. The van der Waals surface area contributed by atoms with E-state index in [1.165, 1.54) is 0 Å². The molecule has 6 heteroatoms. The summed E-state index contributed by atoms with van der Waals surface area (Å²) in [7, 11) is 0. The van der Waals surface area contributed by atoms with Gasteiger partial charge in [0.2, 0.25) is 0 Å². The highest BCUT2D eigenvalue weighted by Gasteiger charge is 2.23. The second kappa shape index (κ2) is 6.76. The summed E-state index contributed by atoms with van der Waals surface area (Å²) in [5, 5.41) is 3.81. The third-order valence-electron chi connectivity index (χ3n) is 4.03. The number of nitrogens with one attached hydrogen (secondary N) is 2. The van der Waals surface area contributed by atoms with Crippen molar-refractivity contribution in [1.29, 1.82) is 0 Å². The van der Waals surface area contributed by atoms with Crippen LogP contribution in [0.15, 0.2) is 36.5 Å². The van der Waals surface area contributed by atoms with E-state index in [1.807, 2.05) is 24.3 Å². The van der Waals surface area contributed by atoms with Crippen LogP contribution in [0.1, 0.15) is 39.0 Å². The number of ether oxygens (including phenoxy) is 1. The molecule has 2 heterocycles. The van der Waals surface area contributed by atoms with E-state index >= 15 is 0 Å². The molecule has 0 aliphatic rings. The van der Waals surface area contributed by atoms with Crippen molar-refractivity contribution in [2.75, 3.05) is 11.9 Å². The molecule has 25 heavy (non-hydrogen) atoms. The van der Waals surface area contributed by atoms with Gasteiger partial charge in [0.15, 0.2) is 0 Å². The maximum atomic E-state index is 12.7. The SMILES string of the molecule is CCOC(=O)c1c(C)[nH]c(C(=O)Nc2cccc3cccnc23)c1C. The summed E-state index contributed by atoms with van der Waals surface area (Å²) in [5.74, 6) is -0.756. The van der Waals surface area contributed by atoms with Crippen LogP contribution >= 0.6 is 0 Å². The first-order chi connectivity index (χ1) is 12.0. The number of aromatic nitrogens is 2. The molecule has 3 rings (SSSR count). The quantitative estimate of drug-likeness (QED) is 0.712. The molecule has 0 fully saturated rings. The van der Waals surface area contributed by atoms with Crippen LogP contribution in [0.4, 0.5) is 5.69 Å². The largest absolute Gasteiger partial charge is 0.462 e. The zero-order valence-electron chi connectivity index (χ0n) is 14.3. The molecule has 0 radical (unpaired) electrons. The van der Waals surface area contributed by atoms with Crippen molar-refractivity contribution in [3.05, 3.63) is 59.0 Å². The number of rotatable bonds is 4. The van der Waals surface area contributed by atoms with Gasteiger partial charge in [0.1, 0.15) is 5.69 Å². The lowest BCUT2D eigenvalue weighted by Gasteiger charge is -2.08. The van der Waals surface area contributed by atoms with Gasteiger partial charge >= 0.3 is 5.97 Å². The number of H-pyrrole nitrogens is 1. The monoisotopic (exact) mass is 337 g/mol. The van der Waals surface area contributed by atoms with Crippen LogP contribution in [0.2, 0.25) is 0 Å². The van der Waals surface area contributed by atoms with Crippen LogP contribution in [0, 0.1) is 13.8 Å². The van der Waals surface area contributed by atoms with Gasteiger partial charge in [-0.1, -0.05) is 18.2 Å². The van der Waals surface area contributed by atoms with E-state index in [2.05, 4.69) is 15.3 Å². The number of nitrogens with zero attached hydrogens (tertiary/aromatic N) is 1. The van der Waals surface area contributed by atoms with E-state index in [9.17, 15) is 9.59 Å². The highest BCUT2D eigenvalue weighted by molar-refractivity contribution is 6.09. The average Bonchev–Trinajstić information content (AvgIpc) is 2.90. The van der Waals surface area contributed by atoms with Gasteiger partial charge in [0, 0.05) is 17.3 Å². The van der Waals surface area contributed by atoms with Crippen molar-refractivity contribution in [3.8, 4) is 0 Å². The summed E-state index contributed by atoms with van der Waals surface area (Å²) in [4.78, 5) is 32.1. The molecule has 2 aromatic heterocycles. The summed E-state index contributed by atoms with van der Waals surface area (Å²) in [6, 6.07) is 9.36. The Hall–Kier alpha value is -3.15. The van der Waals surface area contributed by atoms with Crippen molar-refractivity contribution in [3.63, 3.8) is 0 Å². The highest BCUT2D eigenvalue weighted by Crippen LogP contribution is 2.23. The molecule has 0 unspecified atom stereocenters. The first-order valence-corrected chi connectivity index (χ1v) is 8.04. The minimum atomic E-state index is -0.431. The number of aromatic amines is 1. The van der Waals surface area contributed by atoms with Gasteiger partial charge in [-0.25, -0.2) is 4.79 Å². The summed E-state index contributed by atoms with van der Waals surface area (Å²) in [6.07, 6.45) is 1.68. The number of benzene rings is 1. The smallest absolute Gasteiger partial charge is 0.340 e. The summed E-state index contributed by atoms with van der Waals surface area (Å²) < 4.78 is 5.06. The number of carbonyl (C=O) groups excluding carboxylic acids is 2. The molecule has 0 bridgehead atoms. The molecule has 2 N–H and O–H groups in total. The van der Waals surface area contributed by atoms with Crippen LogP contribution in [-0.2, 0) is 4.74 Å². The van der Waals surface area contributed by atoms with Crippen LogP contribution in [0.3, 0.4) is 0 Å². The third kappa shape index (κ3) is 3.10. The fourth-order valence-electron chi connectivity index (χ4n) is 2.88. The van der Waals surface area contributed by atoms with Crippen LogP contribution in [0.5, 0.6) is 0 Å². The Balaban J connectivity index is 1.94. The van der Waals surface area contributed by atoms with Gasteiger partial charge in [-0.15, -0.1) is 0 Å². The lowest BCUT2D eigenvalue weighted by atomic mass is 10.1. The number of hydrogen-bond acceptors (Lipinski definition) is 4. The number of para-hydroxylation sites is 1. The number of anilines is 1. The Labute approximate surface area is 145 Å². The zero-order chi connectivity index (χ0) is 18.0. The maximum absolute atomic E-state index is 12.7. The predicted molar refractivity (Wildman–Crippen MR) is 95.9 cm³/mol. The molecule has 0 aliphatic carbocycles. The topological polar surface area (TPSA) is 84.1 Å². The Morgan fingerprint density at radius 2 is 1.96 bits per heavy atom. The molecular formula is C19H19N3O3. The van der Waals surface area contributed by atoms with E-state index in [-0.39, 0.29) is 12.5 Å². The van der Waals surface area contributed by atoms with Crippen molar-refractivity contribution < 1.29 is 14.3 Å². The van der Waals surface area contributed by atoms with Gasteiger partial charge in [0.25, 0.3) is 5.91 Å². The Kier molecular flexibility index (Phi) is 4.52. The molecule has 128 valence electrons. The maximum Gasteiger partial charge on any atom is 0.340 e. The summed E-state index contributed by atoms with van der Waals surface area (Å²) in [5.41, 5.74) is 3.26. The molecule has 0 spiro atoms. The number of fused-ring (bicyclic) bond motifs is 1. The van der Waals surface area contributed by atoms with E-state index in [1.54, 1.807) is 33.0 Å². The first kappa shape index (κ1) is 16.7. The fraction of sp³-hybridized carbons (Fsp3) is 0.211. The van der Waals surface area contributed by atoms with Gasteiger partial charge in [0.05, 0.1) is 23.4 Å². The second-order valence-corrected chi connectivity index (χ2v) is 5.68. The minimum absolute atomic E-state index is 0.284. The number of hydrogen-bond donors (Lipinski definition) is 2. The Bertz CT molecular complexity index is 954. The fourth-order valence-corrected chi connectivity index (χ4v) is 2.88.